The van der Waals surface area contributed by atoms with Gasteiger partial charge in [0.2, 0.25) is 5.91 Å². The smallest absolute Gasteiger partial charge is 0.234 e. The Morgan fingerprint density at radius 1 is 1.24 bits per heavy atom. The zero-order valence-corrected chi connectivity index (χ0v) is 18.8. The minimum Gasteiger partial charge on any atom is -0.325 e. The molecule has 5 nitrogen and oxygen atoms in total. The lowest BCUT2D eigenvalue weighted by Crippen LogP contribution is -2.15. The average molecular weight is 427 g/mol. The van der Waals surface area contributed by atoms with Crippen molar-refractivity contribution in [3.63, 3.8) is 0 Å². The van der Waals surface area contributed by atoms with Crippen LogP contribution in [0, 0.1) is 13.8 Å². The number of anilines is 1. The van der Waals surface area contributed by atoms with Crippen molar-refractivity contribution >= 4 is 34.7 Å². The largest absolute Gasteiger partial charge is 0.325 e. The first-order valence-corrected chi connectivity index (χ1v) is 12.0. The van der Waals surface area contributed by atoms with Crippen LogP contribution in [-0.4, -0.2) is 26.4 Å². The summed E-state index contributed by atoms with van der Waals surface area (Å²) in [6.07, 6.45) is 4.84. The van der Waals surface area contributed by atoms with Gasteiger partial charge in [-0.2, -0.15) is 0 Å². The normalized spacial score (nSPS) is 13.3. The van der Waals surface area contributed by atoms with Crippen molar-refractivity contribution in [1.82, 2.24) is 14.8 Å². The van der Waals surface area contributed by atoms with Crippen LogP contribution < -0.4 is 5.32 Å². The van der Waals surface area contributed by atoms with Crippen molar-refractivity contribution in [3.8, 4) is 11.4 Å². The van der Waals surface area contributed by atoms with Gasteiger partial charge >= 0.3 is 0 Å². The SMILES string of the molecule is CCn1c(SCC(=O)Nc2ccc(C)cc2C)nnc1-c1csc2c1CCCC2. The monoisotopic (exact) mass is 426 g/mol. The molecule has 0 fully saturated rings. The van der Waals surface area contributed by atoms with E-state index in [0.717, 1.165) is 35.2 Å². The fraction of sp³-hybridized carbons (Fsp3) is 0.409. The first kappa shape index (κ1) is 20.2. The molecule has 2 heterocycles. The molecule has 0 bridgehead atoms. The minimum absolute atomic E-state index is 0.0259. The van der Waals surface area contributed by atoms with Gasteiger partial charge < -0.3 is 9.88 Å². The summed E-state index contributed by atoms with van der Waals surface area (Å²) in [5, 5.41) is 14.9. The lowest BCUT2D eigenvalue weighted by molar-refractivity contribution is -0.113. The number of aryl methyl sites for hydroxylation is 3. The van der Waals surface area contributed by atoms with Crippen molar-refractivity contribution in [2.45, 2.75) is 58.2 Å². The Hall–Kier alpha value is -2.12. The van der Waals surface area contributed by atoms with Crippen molar-refractivity contribution in [1.29, 1.82) is 0 Å². The Morgan fingerprint density at radius 2 is 2.07 bits per heavy atom. The maximum Gasteiger partial charge on any atom is 0.234 e. The summed E-state index contributed by atoms with van der Waals surface area (Å²) in [6, 6.07) is 6.04. The van der Waals surface area contributed by atoms with E-state index in [1.165, 1.54) is 52.6 Å². The van der Waals surface area contributed by atoms with Crippen LogP contribution in [0.5, 0.6) is 0 Å². The van der Waals surface area contributed by atoms with Crippen LogP contribution in [-0.2, 0) is 24.2 Å². The molecule has 0 saturated carbocycles. The van der Waals surface area contributed by atoms with Gasteiger partial charge in [-0.05, 0) is 63.6 Å². The number of amides is 1. The Kier molecular flexibility index (Phi) is 6.06. The molecule has 0 unspecified atom stereocenters. The van der Waals surface area contributed by atoms with Crippen LogP contribution in [0.3, 0.4) is 0 Å². The number of thiophene rings is 1. The molecule has 152 valence electrons. The van der Waals surface area contributed by atoms with Gasteiger partial charge in [-0.25, -0.2) is 0 Å². The third-order valence-corrected chi connectivity index (χ3v) is 7.38. The number of thioether (sulfide) groups is 1. The van der Waals surface area contributed by atoms with Crippen molar-refractivity contribution in [3.05, 3.63) is 45.1 Å². The molecule has 29 heavy (non-hydrogen) atoms. The summed E-state index contributed by atoms with van der Waals surface area (Å²) >= 11 is 3.29. The first-order valence-electron chi connectivity index (χ1n) is 10.1. The number of benzene rings is 1. The van der Waals surface area contributed by atoms with Gasteiger partial charge in [0.05, 0.1) is 5.75 Å². The number of carbonyl (C=O) groups is 1. The molecule has 1 aliphatic rings. The third kappa shape index (κ3) is 4.26. The zero-order chi connectivity index (χ0) is 20.4. The zero-order valence-electron chi connectivity index (χ0n) is 17.1. The van der Waals surface area contributed by atoms with E-state index in [0.29, 0.717) is 5.75 Å². The van der Waals surface area contributed by atoms with Crippen LogP contribution in [0.25, 0.3) is 11.4 Å². The van der Waals surface area contributed by atoms with Crippen molar-refractivity contribution < 1.29 is 4.79 Å². The third-order valence-electron chi connectivity index (χ3n) is 5.32. The van der Waals surface area contributed by atoms with E-state index in [-0.39, 0.29) is 5.91 Å². The Morgan fingerprint density at radius 3 is 2.86 bits per heavy atom. The van der Waals surface area contributed by atoms with E-state index in [1.807, 2.05) is 37.3 Å². The Balaban J connectivity index is 1.47. The average Bonchev–Trinajstić information content (AvgIpc) is 3.31. The fourth-order valence-electron chi connectivity index (χ4n) is 3.83. The van der Waals surface area contributed by atoms with Gasteiger partial charge in [0.15, 0.2) is 11.0 Å². The summed E-state index contributed by atoms with van der Waals surface area (Å²) < 4.78 is 2.13. The van der Waals surface area contributed by atoms with Crippen LogP contribution in [0.1, 0.15) is 41.3 Å². The predicted molar refractivity (Wildman–Crippen MR) is 121 cm³/mol. The predicted octanol–water partition coefficient (Wildman–Crippen LogP) is 5.25. The number of hydrogen-bond acceptors (Lipinski definition) is 5. The van der Waals surface area contributed by atoms with Gasteiger partial charge in [-0.1, -0.05) is 29.5 Å². The summed E-state index contributed by atoms with van der Waals surface area (Å²) in [7, 11) is 0. The number of hydrogen-bond donors (Lipinski definition) is 1. The molecule has 1 amide bonds. The van der Waals surface area contributed by atoms with Crippen molar-refractivity contribution in [2.24, 2.45) is 0 Å². The molecule has 7 heteroatoms. The highest BCUT2D eigenvalue weighted by molar-refractivity contribution is 7.99. The summed E-state index contributed by atoms with van der Waals surface area (Å²) in [5.74, 6) is 1.22. The molecule has 0 spiro atoms. The van der Waals surface area contributed by atoms with Crippen LogP contribution in [0.15, 0.2) is 28.7 Å². The Bertz CT molecular complexity index is 1040. The number of nitrogens with zero attached hydrogens (tertiary/aromatic N) is 3. The molecular weight excluding hydrogens is 400 g/mol. The topological polar surface area (TPSA) is 59.8 Å². The number of aromatic nitrogens is 3. The summed E-state index contributed by atoms with van der Waals surface area (Å²) in [5.41, 5.74) is 5.81. The molecule has 1 aliphatic carbocycles. The molecule has 0 aliphatic heterocycles. The van der Waals surface area contributed by atoms with Crippen LogP contribution in [0.4, 0.5) is 5.69 Å². The second kappa shape index (κ2) is 8.71. The second-order valence-electron chi connectivity index (χ2n) is 7.46. The molecule has 0 saturated heterocycles. The van der Waals surface area contributed by atoms with E-state index in [1.54, 1.807) is 0 Å². The molecule has 3 aromatic rings. The van der Waals surface area contributed by atoms with Gasteiger partial charge in [0.25, 0.3) is 0 Å². The van der Waals surface area contributed by atoms with Crippen molar-refractivity contribution in [2.75, 3.05) is 11.1 Å². The van der Waals surface area contributed by atoms with E-state index >= 15 is 0 Å². The maximum atomic E-state index is 12.5. The highest BCUT2D eigenvalue weighted by Crippen LogP contribution is 2.36. The quantitative estimate of drug-likeness (QED) is 0.547. The number of carbonyl (C=O) groups excluding carboxylic acids is 1. The molecule has 0 atom stereocenters. The summed E-state index contributed by atoms with van der Waals surface area (Å²) in [6.45, 7) is 6.95. The fourth-order valence-corrected chi connectivity index (χ4v) is 5.76. The van der Waals surface area contributed by atoms with Gasteiger partial charge in [-0.15, -0.1) is 21.5 Å². The molecular formula is C22H26N4OS2. The van der Waals surface area contributed by atoms with E-state index in [4.69, 9.17) is 0 Å². The van der Waals surface area contributed by atoms with Gasteiger partial charge in [0.1, 0.15) is 0 Å². The second-order valence-corrected chi connectivity index (χ2v) is 9.37. The number of fused-ring (bicyclic) bond motifs is 1. The van der Waals surface area contributed by atoms with Crippen LogP contribution in [0.2, 0.25) is 0 Å². The number of rotatable bonds is 6. The minimum atomic E-state index is -0.0259. The maximum absolute atomic E-state index is 12.5. The molecule has 4 rings (SSSR count). The molecule has 2 aromatic heterocycles. The molecule has 0 radical (unpaired) electrons. The lowest BCUT2D eigenvalue weighted by atomic mass is 9.96. The lowest BCUT2D eigenvalue weighted by Gasteiger charge is -2.13. The van der Waals surface area contributed by atoms with E-state index < -0.39 is 0 Å². The highest BCUT2D eigenvalue weighted by Gasteiger charge is 2.22. The van der Waals surface area contributed by atoms with Gasteiger partial charge in [0, 0.05) is 28.1 Å². The number of nitrogens with one attached hydrogen (secondary N) is 1. The molecule has 1 aromatic carbocycles. The molecule has 1 N–H and O–H groups in total. The van der Waals surface area contributed by atoms with Gasteiger partial charge in [-0.3, -0.25) is 4.79 Å². The van der Waals surface area contributed by atoms with E-state index in [9.17, 15) is 4.79 Å². The first-order chi connectivity index (χ1) is 14.1. The van der Waals surface area contributed by atoms with E-state index in [2.05, 4.69) is 38.5 Å². The van der Waals surface area contributed by atoms with Crippen LogP contribution >= 0.6 is 23.1 Å². The highest BCUT2D eigenvalue weighted by atomic mass is 32.2. The summed E-state index contributed by atoms with van der Waals surface area (Å²) in [4.78, 5) is 14.0. The Labute approximate surface area is 179 Å². The standard InChI is InChI=1S/C22H26N4OS2/c1-4-26-21(17-12-28-19-8-6-5-7-16(17)19)24-25-22(26)29-13-20(27)23-18-10-9-14(2)11-15(18)3/h9-12H,4-8,13H2,1-3H3,(H,23,27).